The highest BCUT2D eigenvalue weighted by atomic mass is 19.4. The molecule has 2 heterocycles. The van der Waals surface area contributed by atoms with Gasteiger partial charge in [-0.15, -0.1) is 0 Å². The topological polar surface area (TPSA) is 56.7 Å². The van der Waals surface area contributed by atoms with Crippen LogP contribution in [0.25, 0.3) is 5.82 Å². The Morgan fingerprint density at radius 3 is 2.33 bits per heavy atom. The van der Waals surface area contributed by atoms with Crippen molar-refractivity contribution in [1.29, 1.82) is 0 Å². The number of alkyl halides is 3. The number of aromatic nitrogens is 3. The highest BCUT2D eigenvalue weighted by molar-refractivity contribution is 5.41. The van der Waals surface area contributed by atoms with E-state index in [4.69, 9.17) is 5.73 Å². The molecule has 3 aliphatic carbocycles. The Bertz CT molecular complexity index is 682. The maximum absolute atomic E-state index is 12.5. The summed E-state index contributed by atoms with van der Waals surface area (Å²) in [5.41, 5.74) is 6.41. The highest BCUT2D eigenvalue weighted by Crippen LogP contribution is 2.66. The van der Waals surface area contributed by atoms with Crippen LogP contribution in [0.4, 0.5) is 13.2 Å². The van der Waals surface area contributed by atoms with Gasteiger partial charge in [-0.05, 0) is 30.9 Å². The van der Waals surface area contributed by atoms with E-state index in [1.54, 1.807) is 12.3 Å². The fraction of sp³-hybridized carbons (Fsp3) is 0.429. The Hall–Kier alpha value is -1.89. The van der Waals surface area contributed by atoms with Crippen molar-refractivity contribution in [3.05, 3.63) is 42.1 Å². The zero-order chi connectivity index (χ0) is 14.9. The Morgan fingerprint density at radius 1 is 1.14 bits per heavy atom. The molecule has 0 radical (unpaired) electrons. The van der Waals surface area contributed by atoms with Crippen LogP contribution in [0, 0.1) is 0 Å². The number of halogens is 3. The highest BCUT2D eigenvalue weighted by Gasteiger charge is 2.66. The second-order valence-corrected chi connectivity index (χ2v) is 6.24. The number of pyridine rings is 1. The Kier molecular flexibility index (Phi) is 2.23. The van der Waals surface area contributed by atoms with Gasteiger partial charge in [-0.2, -0.15) is 13.2 Å². The summed E-state index contributed by atoms with van der Waals surface area (Å²) in [6.07, 6.45) is 2.30. The normalized spacial score (nSPS) is 30.7. The third-order valence-electron chi connectivity index (χ3n) is 4.57. The van der Waals surface area contributed by atoms with Crippen LogP contribution in [-0.2, 0) is 11.6 Å². The number of hydrogen-bond acceptors (Lipinski definition) is 3. The SMILES string of the molecule is NC12CC(c3ccc(-n4cnc(C(F)(F)F)c4)nc3)(C1)C2. The monoisotopic (exact) mass is 294 g/mol. The Morgan fingerprint density at radius 2 is 1.86 bits per heavy atom. The zero-order valence-electron chi connectivity index (χ0n) is 11.1. The predicted molar refractivity (Wildman–Crippen MR) is 68.8 cm³/mol. The van der Waals surface area contributed by atoms with Crippen molar-refractivity contribution in [3.8, 4) is 5.82 Å². The maximum atomic E-state index is 12.5. The van der Waals surface area contributed by atoms with Gasteiger partial charge in [0.1, 0.15) is 12.1 Å². The van der Waals surface area contributed by atoms with E-state index in [-0.39, 0.29) is 11.0 Å². The van der Waals surface area contributed by atoms with Crippen molar-refractivity contribution in [3.63, 3.8) is 0 Å². The van der Waals surface area contributed by atoms with Crippen molar-refractivity contribution in [1.82, 2.24) is 14.5 Å². The molecule has 3 aliphatic rings. The first-order valence-corrected chi connectivity index (χ1v) is 6.67. The van der Waals surface area contributed by atoms with Crippen molar-refractivity contribution in [2.24, 2.45) is 5.73 Å². The molecule has 0 unspecified atom stereocenters. The second-order valence-electron chi connectivity index (χ2n) is 6.24. The fourth-order valence-corrected chi connectivity index (χ4v) is 3.62. The fourth-order valence-electron chi connectivity index (χ4n) is 3.62. The van der Waals surface area contributed by atoms with Gasteiger partial charge < -0.3 is 5.73 Å². The summed E-state index contributed by atoms with van der Waals surface area (Å²) in [7, 11) is 0. The van der Waals surface area contributed by atoms with E-state index in [0.717, 1.165) is 37.4 Å². The quantitative estimate of drug-likeness (QED) is 0.925. The first-order valence-electron chi connectivity index (χ1n) is 6.67. The van der Waals surface area contributed by atoms with Crippen molar-refractivity contribution in [2.45, 2.75) is 36.4 Å². The van der Waals surface area contributed by atoms with Crippen molar-refractivity contribution in [2.75, 3.05) is 0 Å². The third kappa shape index (κ3) is 1.80. The van der Waals surface area contributed by atoms with Crippen molar-refractivity contribution < 1.29 is 13.2 Å². The van der Waals surface area contributed by atoms with E-state index in [2.05, 4.69) is 9.97 Å². The van der Waals surface area contributed by atoms with Gasteiger partial charge >= 0.3 is 6.18 Å². The van der Waals surface area contributed by atoms with E-state index in [9.17, 15) is 13.2 Å². The molecule has 3 fully saturated rings. The summed E-state index contributed by atoms with van der Waals surface area (Å²) in [6.45, 7) is 0. The summed E-state index contributed by atoms with van der Waals surface area (Å²) in [6, 6.07) is 3.65. The van der Waals surface area contributed by atoms with Gasteiger partial charge in [-0.3, -0.25) is 4.57 Å². The molecule has 0 aromatic carbocycles. The smallest absolute Gasteiger partial charge is 0.325 e. The number of nitrogens with two attached hydrogens (primary N) is 1. The van der Waals surface area contributed by atoms with Crippen LogP contribution in [0.1, 0.15) is 30.5 Å². The lowest BCUT2D eigenvalue weighted by atomic mass is 9.38. The molecule has 2 bridgehead atoms. The molecular formula is C14H13F3N4. The lowest BCUT2D eigenvalue weighted by molar-refractivity contribution is -0.140. The molecule has 3 saturated carbocycles. The van der Waals surface area contributed by atoms with Gasteiger partial charge in [0.2, 0.25) is 0 Å². The van der Waals surface area contributed by atoms with Crippen LogP contribution in [0.2, 0.25) is 0 Å². The number of hydrogen-bond donors (Lipinski definition) is 1. The van der Waals surface area contributed by atoms with Crippen LogP contribution in [-0.4, -0.2) is 20.1 Å². The molecule has 2 aromatic heterocycles. The van der Waals surface area contributed by atoms with E-state index in [0.29, 0.717) is 5.82 Å². The zero-order valence-corrected chi connectivity index (χ0v) is 11.1. The van der Waals surface area contributed by atoms with E-state index in [1.165, 1.54) is 4.57 Å². The molecule has 2 N–H and O–H groups in total. The van der Waals surface area contributed by atoms with Crippen LogP contribution in [0.15, 0.2) is 30.9 Å². The first kappa shape index (κ1) is 12.8. The molecule has 21 heavy (non-hydrogen) atoms. The van der Waals surface area contributed by atoms with E-state index < -0.39 is 11.9 Å². The van der Waals surface area contributed by atoms with Crippen molar-refractivity contribution >= 4 is 0 Å². The van der Waals surface area contributed by atoms with E-state index >= 15 is 0 Å². The minimum atomic E-state index is -4.44. The standard InChI is InChI=1S/C14H13F3N4/c15-14(16,17)10-4-21(8-20-10)11-2-1-9(3-19-11)12-5-13(18,6-12)7-12/h1-4,8H,5-7,18H2. The van der Waals surface area contributed by atoms with Crippen LogP contribution >= 0.6 is 0 Å². The molecule has 4 nitrogen and oxygen atoms in total. The predicted octanol–water partition coefficient (Wildman–Crippen LogP) is 2.42. The van der Waals surface area contributed by atoms with Gasteiger partial charge in [-0.25, -0.2) is 9.97 Å². The molecule has 0 atom stereocenters. The molecule has 0 amide bonds. The number of imidazole rings is 1. The van der Waals surface area contributed by atoms with Crippen LogP contribution in [0.3, 0.4) is 0 Å². The lowest BCUT2D eigenvalue weighted by Crippen LogP contribution is -2.74. The number of rotatable bonds is 2. The van der Waals surface area contributed by atoms with Gasteiger partial charge in [0.15, 0.2) is 5.69 Å². The minimum absolute atomic E-state index is 0.0185. The maximum Gasteiger partial charge on any atom is 0.434 e. The molecule has 2 aromatic rings. The Balaban J connectivity index is 1.58. The molecule has 0 saturated heterocycles. The third-order valence-corrected chi connectivity index (χ3v) is 4.57. The van der Waals surface area contributed by atoms with Gasteiger partial charge in [0.25, 0.3) is 0 Å². The van der Waals surface area contributed by atoms with Gasteiger partial charge in [-0.1, -0.05) is 6.07 Å². The average molecular weight is 294 g/mol. The first-order chi connectivity index (χ1) is 9.80. The second kappa shape index (κ2) is 3.65. The summed E-state index contributed by atoms with van der Waals surface area (Å²) in [5, 5.41) is 0. The number of nitrogens with zero attached hydrogens (tertiary/aromatic N) is 3. The van der Waals surface area contributed by atoms with Gasteiger partial charge in [0, 0.05) is 23.3 Å². The molecule has 110 valence electrons. The molecule has 7 heteroatoms. The Labute approximate surface area is 118 Å². The molecule has 0 aliphatic heterocycles. The minimum Gasteiger partial charge on any atom is -0.325 e. The van der Waals surface area contributed by atoms with E-state index in [1.807, 2.05) is 6.07 Å². The summed E-state index contributed by atoms with van der Waals surface area (Å²) in [5.74, 6) is 0.427. The average Bonchev–Trinajstić information content (AvgIpc) is 2.83. The largest absolute Gasteiger partial charge is 0.434 e. The summed E-state index contributed by atoms with van der Waals surface area (Å²) >= 11 is 0. The molecular weight excluding hydrogens is 281 g/mol. The summed E-state index contributed by atoms with van der Waals surface area (Å²) < 4.78 is 38.8. The molecule has 5 rings (SSSR count). The lowest BCUT2D eigenvalue weighted by Gasteiger charge is -2.69. The summed E-state index contributed by atoms with van der Waals surface area (Å²) in [4.78, 5) is 7.62. The van der Waals surface area contributed by atoms with Crippen LogP contribution < -0.4 is 5.73 Å². The van der Waals surface area contributed by atoms with Crippen LogP contribution in [0.5, 0.6) is 0 Å². The van der Waals surface area contributed by atoms with Gasteiger partial charge in [0.05, 0.1) is 0 Å². The molecule has 0 spiro atoms.